The average molecular weight is 417 g/mol. The number of rotatable bonds is 4. The molecule has 28 heavy (non-hydrogen) atoms. The number of fused-ring (bicyclic) bond motifs is 1. The van der Waals surface area contributed by atoms with Gasteiger partial charge >= 0.3 is 0 Å². The van der Waals surface area contributed by atoms with E-state index >= 15 is 0 Å². The molecule has 1 aromatic carbocycles. The van der Waals surface area contributed by atoms with Gasteiger partial charge in [-0.2, -0.15) is 9.37 Å². The van der Waals surface area contributed by atoms with Crippen LogP contribution < -0.4 is 4.74 Å². The molecule has 3 aromatic heterocycles. The maximum atomic E-state index is 13.7. The first-order valence-electron chi connectivity index (χ1n) is 8.20. The largest absolute Gasteiger partial charge is 0.479 e. The van der Waals surface area contributed by atoms with E-state index in [0.29, 0.717) is 26.5 Å². The lowest BCUT2D eigenvalue weighted by Crippen LogP contribution is -2.04. The summed E-state index contributed by atoms with van der Waals surface area (Å²) < 4.78 is 33.3. The van der Waals surface area contributed by atoms with Crippen LogP contribution in [0.1, 0.15) is 5.56 Å². The Bertz CT molecular complexity index is 1210. The van der Waals surface area contributed by atoms with Gasteiger partial charge in [-0.25, -0.2) is 18.1 Å². The van der Waals surface area contributed by atoms with Crippen LogP contribution in [0.5, 0.6) is 5.88 Å². The van der Waals surface area contributed by atoms with E-state index in [9.17, 15) is 8.60 Å². The Labute approximate surface area is 167 Å². The van der Waals surface area contributed by atoms with Crippen LogP contribution in [0.15, 0.2) is 53.8 Å². The van der Waals surface area contributed by atoms with Gasteiger partial charge in [0, 0.05) is 23.3 Å². The molecular weight excluding hydrogens is 403 g/mol. The van der Waals surface area contributed by atoms with Gasteiger partial charge < -0.3 is 4.74 Å². The van der Waals surface area contributed by atoms with Gasteiger partial charge in [0.05, 0.1) is 23.2 Å². The molecule has 0 spiro atoms. The summed E-state index contributed by atoms with van der Waals surface area (Å²) in [4.78, 5) is 13.1. The molecule has 0 fully saturated rings. The summed E-state index contributed by atoms with van der Waals surface area (Å²) >= 11 is 6.11. The van der Waals surface area contributed by atoms with E-state index in [2.05, 4.69) is 15.0 Å². The molecule has 4 rings (SSSR count). The predicted molar refractivity (Wildman–Crippen MR) is 105 cm³/mol. The van der Waals surface area contributed by atoms with Gasteiger partial charge in [0.25, 0.3) is 5.88 Å². The van der Waals surface area contributed by atoms with Crippen molar-refractivity contribution in [1.82, 2.24) is 18.9 Å². The van der Waals surface area contributed by atoms with Crippen molar-refractivity contribution in [2.75, 3.05) is 7.11 Å². The molecule has 0 radical (unpaired) electrons. The van der Waals surface area contributed by atoms with Gasteiger partial charge in [-0.15, -0.1) is 0 Å². The summed E-state index contributed by atoms with van der Waals surface area (Å²) in [6, 6.07) is 9.05. The van der Waals surface area contributed by atoms with E-state index < -0.39 is 16.8 Å². The third-order valence-electron chi connectivity index (χ3n) is 4.13. The average Bonchev–Trinajstić information content (AvgIpc) is 3.07. The second kappa shape index (κ2) is 7.29. The first-order valence-corrected chi connectivity index (χ1v) is 9.69. The summed E-state index contributed by atoms with van der Waals surface area (Å²) in [7, 11) is -0.228. The van der Waals surface area contributed by atoms with Crippen molar-refractivity contribution in [2.45, 2.75) is 11.8 Å². The fraction of sp³-hybridized carbons (Fsp3) is 0.105. The van der Waals surface area contributed by atoms with Crippen LogP contribution in [0.25, 0.3) is 22.4 Å². The molecule has 0 amide bonds. The Morgan fingerprint density at radius 3 is 2.64 bits per heavy atom. The Morgan fingerprint density at radius 1 is 1.18 bits per heavy atom. The smallest absolute Gasteiger partial charge is 0.253 e. The van der Waals surface area contributed by atoms with Crippen LogP contribution in [0.4, 0.5) is 4.39 Å². The van der Waals surface area contributed by atoms with Gasteiger partial charge in [0.1, 0.15) is 0 Å². The molecule has 6 nitrogen and oxygen atoms in total. The van der Waals surface area contributed by atoms with E-state index in [1.54, 1.807) is 24.4 Å². The molecule has 9 heteroatoms. The summed E-state index contributed by atoms with van der Waals surface area (Å²) in [5, 5.41) is 1.00. The number of aryl methyl sites for hydroxylation is 1. The van der Waals surface area contributed by atoms with Crippen LogP contribution in [0, 0.1) is 12.7 Å². The van der Waals surface area contributed by atoms with Gasteiger partial charge in [-0.05, 0) is 25.1 Å². The lowest BCUT2D eigenvalue weighted by atomic mass is 10.2. The highest BCUT2D eigenvalue weighted by Crippen LogP contribution is 2.32. The molecule has 0 aliphatic rings. The topological polar surface area (TPSA) is 69.9 Å². The fourth-order valence-electron chi connectivity index (χ4n) is 2.75. The molecule has 142 valence electrons. The highest BCUT2D eigenvalue weighted by molar-refractivity contribution is 7.83. The number of nitrogens with zero attached hydrogens (tertiary/aromatic N) is 4. The number of benzene rings is 1. The molecule has 0 saturated carbocycles. The molecule has 1 unspecified atom stereocenters. The van der Waals surface area contributed by atoms with Crippen molar-refractivity contribution in [3.8, 4) is 17.3 Å². The summed E-state index contributed by atoms with van der Waals surface area (Å²) in [6.07, 6.45) is 4.12. The normalized spacial score (nSPS) is 12.3. The zero-order valence-corrected chi connectivity index (χ0v) is 16.5. The quantitative estimate of drug-likeness (QED) is 0.499. The fourth-order valence-corrected chi connectivity index (χ4v) is 4.01. The van der Waals surface area contributed by atoms with Crippen LogP contribution in [-0.2, 0) is 11.0 Å². The van der Waals surface area contributed by atoms with Crippen LogP contribution in [0.3, 0.4) is 0 Å². The minimum Gasteiger partial charge on any atom is -0.479 e. The second-order valence-electron chi connectivity index (χ2n) is 6.01. The molecule has 0 bridgehead atoms. The monoisotopic (exact) mass is 416 g/mol. The van der Waals surface area contributed by atoms with Crippen molar-refractivity contribution in [3.63, 3.8) is 0 Å². The minimum atomic E-state index is -1.55. The van der Waals surface area contributed by atoms with Crippen LogP contribution in [0.2, 0.25) is 5.02 Å². The minimum absolute atomic E-state index is 0.180. The number of hydrogen-bond donors (Lipinski definition) is 0. The zero-order chi connectivity index (χ0) is 19.8. The standard InChI is InChI=1S/C19H14ClFN4O2S/c1-11-3-5-13(6-4-11)28(26)25-10-15(14-7-12(20)8-23-18(14)25)17-22-9-16(21)19(24-17)27-2/h3-10H,1-2H3. The first kappa shape index (κ1) is 18.5. The van der Waals surface area contributed by atoms with Crippen LogP contribution in [-0.4, -0.2) is 30.2 Å². The number of ether oxygens (including phenoxy) is 1. The maximum Gasteiger partial charge on any atom is 0.253 e. The third-order valence-corrected chi connectivity index (χ3v) is 5.64. The molecule has 0 aliphatic heterocycles. The number of hydrogen-bond acceptors (Lipinski definition) is 5. The molecular formula is C19H14ClFN4O2S. The van der Waals surface area contributed by atoms with Gasteiger partial charge in [0.15, 0.2) is 22.5 Å². The second-order valence-corrected chi connectivity index (χ2v) is 7.81. The third kappa shape index (κ3) is 3.25. The lowest BCUT2D eigenvalue weighted by Gasteiger charge is -2.05. The van der Waals surface area contributed by atoms with Crippen molar-refractivity contribution >= 4 is 33.6 Å². The molecule has 0 saturated heterocycles. The highest BCUT2D eigenvalue weighted by atomic mass is 35.5. The van der Waals surface area contributed by atoms with E-state index in [0.717, 1.165) is 11.8 Å². The number of halogens is 2. The first-order chi connectivity index (χ1) is 13.5. The molecule has 1 atom stereocenters. The summed E-state index contributed by atoms with van der Waals surface area (Å²) in [5.41, 5.74) is 2.03. The van der Waals surface area contributed by atoms with Gasteiger partial charge in [-0.1, -0.05) is 29.3 Å². The van der Waals surface area contributed by atoms with Gasteiger partial charge in [-0.3, -0.25) is 0 Å². The highest BCUT2D eigenvalue weighted by Gasteiger charge is 2.20. The maximum absolute atomic E-state index is 13.7. The summed E-state index contributed by atoms with van der Waals surface area (Å²) in [6.45, 7) is 1.96. The Morgan fingerprint density at radius 2 is 1.93 bits per heavy atom. The Kier molecular flexibility index (Phi) is 4.82. The molecule has 0 aliphatic carbocycles. The van der Waals surface area contributed by atoms with Crippen molar-refractivity contribution in [1.29, 1.82) is 0 Å². The van der Waals surface area contributed by atoms with Gasteiger partial charge in [0.2, 0.25) is 5.82 Å². The SMILES string of the molecule is COc1nc(-c2cn(S(=O)c3ccc(C)cc3)c3ncc(Cl)cc23)ncc1F. The Balaban J connectivity index is 1.92. The number of aromatic nitrogens is 4. The van der Waals surface area contributed by atoms with Crippen molar-refractivity contribution < 1.29 is 13.3 Å². The molecule has 4 aromatic rings. The van der Waals surface area contributed by atoms with Crippen molar-refractivity contribution in [3.05, 3.63) is 65.3 Å². The van der Waals surface area contributed by atoms with Crippen LogP contribution >= 0.6 is 11.6 Å². The zero-order valence-electron chi connectivity index (χ0n) is 14.9. The molecule has 3 heterocycles. The number of methoxy groups -OCH3 is 1. The van der Waals surface area contributed by atoms with Crippen molar-refractivity contribution in [2.24, 2.45) is 0 Å². The summed E-state index contributed by atoms with van der Waals surface area (Å²) in [5.74, 6) is -0.637. The van der Waals surface area contributed by atoms with E-state index in [-0.39, 0.29) is 11.7 Å². The van der Waals surface area contributed by atoms with E-state index in [1.807, 2.05) is 19.1 Å². The van der Waals surface area contributed by atoms with E-state index in [4.69, 9.17) is 16.3 Å². The number of pyridine rings is 1. The predicted octanol–water partition coefficient (Wildman–Crippen LogP) is 4.17. The van der Waals surface area contributed by atoms with E-state index in [1.165, 1.54) is 17.3 Å². The lowest BCUT2D eigenvalue weighted by molar-refractivity contribution is 0.368. The molecule has 0 N–H and O–H groups in total. The Hall–Kier alpha value is -2.84.